The van der Waals surface area contributed by atoms with Crippen molar-refractivity contribution in [2.75, 3.05) is 44.2 Å². The molecule has 7 nitrogen and oxygen atoms in total. The predicted octanol–water partition coefficient (Wildman–Crippen LogP) is 2.46. The van der Waals surface area contributed by atoms with Crippen molar-refractivity contribution >= 4 is 33.1 Å². The molecule has 0 aromatic carbocycles. The maximum absolute atomic E-state index is 12.4. The number of anilines is 1. The molecule has 4 heterocycles. The number of imidazole rings is 1. The lowest BCUT2D eigenvalue weighted by atomic mass is 10.2. The Bertz CT molecular complexity index is 979. The van der Waals surface area contributed by atoms with E-state index in [4.69, 9.17) is 0 Å². The molecular formula is C22H28N6OS. The summed E-state index contributed by atoms with van der Waals surface area (Å²) in [7, 11) is 0. The molecule has 1 aliphatic heterocycles. The zero-order valence-corrected chi connectivity index (χ0v) is 17.9. The van der Waals surface area contributed by atoms with Crippen LogP contribution in [0.2, 0.25) is 0 Å². The number of hydrogen-bond acceptors (Lipinski definition) is 6. The molecule has 1 amide bonds. The fourth-order valence-electron chi connectivity index (χ4n) is 4.40. The molecule has 2 atom stereocenters. The van der Waals surface area contributed by atoms with Gasteiger partial charge in [0.1, 0.15) is 4.83 Å². The summed E-state index contributed by atoms with van der Waals surface area (Å²) in [6, 6.07) is 4.19. The Morgan fingerprint density at radius 1 is 1.23 bits per heavy atom. The number of hydrogen-bond donors (Lipinski definition) is 1. The van der Waals surface area contributed by atoms with Crippen LogP contribution in [-0.4, -0.2) is 64.6 Å². The van der Waals surface area contributed by atoms with Crippen LogP contribution in [0.1, 0.15) is 12.8 Å². The van der Waals surface area contributed by atoms with Crippen molar-refractivity contribution in [2.24, 2.45) is 11.8 Å². The lowest BCUT2D eigenvalue weighted by molar-refractivity contribution is -0.122. The molecule has 1 N–H and O–H groups in total. The highest BCUT2D eigenvalue weighted by atomic mass is 32.1. The van der Waals surface area contributed by atoms with Gasteiger partial charge in [0.2, 0.25) is 5.91 Å². The number of pyridine rings is 1. The van der Waals surface area contributed by atoms with Crippen LogP contribution in [0.4, 0.5) is 5.69 Å². The Labute approximate surface area is 180 Å². The van der Waals surface area contributed by atoms with Crippen LogP contribution in [0.5, 0.6) is 0 Å². The largest absolute Gasteiger partial charge is 0.368 e. The van der Waals surface area contributed by atoms with Crippen molar-refractivity contribution in [1.82, 2.24) is 24.8 Å². The summed E-state index contributed by atoms with van der Waals surface area (Å²) in [5, 5.41) is 6.62. The Balaban J connectivity index is 1.03. The first-order chi connectivity index (χ1) is 14.8. The minimum atomic E-state index is 0.211. The van der Waals surface area contributed by atoms with Gasteiger partial charge in [0.05, 0.1) is 12.0 Å². The van der Waals surface area contributed by atoms with E-state index in [1.165, 1.54) is 11.1 Å². The first kappa shape index (κ1) is 19.5. The maximum Gasteiger partial charge on any atom is 0.223 e. The quantitative estimate of drug-likeness (QED) is 0.563. The van der Waals surface area contributed by atoms with Crippen LogP contribution in [0.3, 0.4) is 0 Å². The number of piperazine rings is 1. The molecule has 0 unspecified atom stereocenters. The minimum absolute atomic E-state index is 0.211. The first-order valence-corrected chi connectivity index (χ1v) is 11.7. The van der Waals surface area contributed by atoms with Crippen LogP contribution in [0.25, 0.3) is 10.2 Å². The maximum atomic E-state index is 12.4. The van der Waals surface area contributed by atoms with Crippen molar-refractivity contribution in [3.05, 3.63) is 42.4 Å². The predicted molar refractivity (Wildman–Crippen MR) is 120 cm³/mol. The molecule has 0 spiro atoms. The van der Waals surface area contributed by atoms with E-state index in [-0.39, 0.29) is 11.8 Å². The van der Waals surface area contributed by atoms with Crippen LogP contribution in [0, 0.1) is 11.8 Å². The van der Waals surface area contributed by atoms with Gasteiger partial charge >= 0.3 is 0 Å². The molecule has 3 aromatic rings. The molecule has 1 saturated heterocycles. The molecule has 3 aromatic heterocycles. The number of fused-ring (bicyclic) bond motifs is 1. The summed E-state index contributed by atoms with van der Waals surface area (Å²) in [6.07, 6.45) is 9.39. The highest BCUT2D eigenvalue weighted by Crippen LogP contribution is 2.39. The van der Waals surface area contributed by atoms with Crippen molar-refractivity contribution in [3.8, 4) is 0 Å². The zero-order valence-electron chi connectivity index (χ0n) is 17.1. The smallest absolute Gasteiger partial charge is 0.223 e. The Morgan fingerprint density at radius 3 is 2.97 bits per heavy atom. The average molecular weight is 425 g/mol. The highest BCUT2D eigenvalue weighted by Gasteiger charge is 2.43. The molecule has 1 aliphatic carbocycles. The van der Waals surface area contributed by atoms with E-state index in [0.29, 0.717) is 5.92 Å². The number of amides is 1. The summed E-state index contributed by atoms with van der Waals surface area (Å²) in [5.41, 5.74) is 1.32. The molecule has 30 heavy (non-hydrogen) atoms. The zero-order chi connectivity index (χ0) is 20.3. The van der Waals surface area contributed by atoms with Gasteiger partial charge in [-0.05, 0) is 30.9 Å². The second kappa shape index (κ2) is 8.73. The van der Waals surface area contributed by atoms with Gasteiger partial charge in [-0.1, -0.05) is 0 Å². The van der Waals surface area contributed by atoms with Gasteiger partial charge in [0, 0.05) is 81.1 Å². The summed E-state index contributed by atoms with van der Waals surface area (Å²) in [6.45, 7) is 6.89. The molecular weight excluding hydrogens is 396 g/mol. The molecule has 1 saturated carbocycles. The van der Waals surface area contributed by atoms with E-state index >= 15 is 0 Å². The van der Waals surface area contributed by atoms with Crippen LogP contribution in [0.15, 0.2) is 42.4 Å². The van der Waals surface area contributed by atoms with Gasteiger partial charge in [0.15, 0.2) is 0 Å². The van der Waals surface area contributed by atoms with Gasteiger partial charge in [-0.15, -0.1) is 11.3 Å². The summed E-state index contributed by atoms with van der Waals surface area (Å²) in [5.74, 6) is 0.973. The number of aryl methyl sites for hydroxylation is 1. The number of carbonyl (C=O) groups excluding carboxylic acids is 1. The Kier molecular flexibility index (Phi) is 5.68. The first-order valence-electron chi connectivity index (χ1n) is 10.8. The number of aromatic nitrogens is 3. The standard InChI is InChI=1S/C22H28N6OS/c29-21(24-5-2-7-27-8-6-23-16-27)19-13-17(19)14-26-9-11-28(12-10-26)20-15-30-22-18(20)3-1-4-25-22/h1,3-4,6,8,15-17,19H,2,5,7,9-14H2,(H,24,29)/t17-,19+/m0/s1. The lowest BCUT2D eigenvalue weighted by Crippen LogP contribution is -2.47. The third-order valence-corrected chi connectivity index (χ3v) is 7.14. The van der Waals surface area contributed by atoms with Crippen molar-refractivity contribution in [1.29, 1.82) is 0 Å². The molecule has 8 heteroatoms. The Morgan fingerprint density at radius 2 is 2.13 bits per heavy atom. The topological polar surface area (TPSA) is 66.3 Å². The molecule has 0 radical (unpaired) electrons. The number of thiophene rings is 1. The summed E-state index contributed by atoms with van der Waals surface area (Å²) >= 11 is 1.72. The highest BCUT2D eigenvalue weighted by molar-refractivity contribution is 7.17. The summed E-state index contributed by atoms with van der Waals surface area (Å²) < 4.78 is 2.04. The fraction of sp³-hybridized carbons (Fsp3) is 0.500. The van der Waals surface area contributed by atoms with E-state index in [9.17, 15) is 4.79 Å². The van der Waals surface area contributed by atoms with Crippen molar-refractivity contribution in [3.63, 3.8) is 0 Å². The normalized spacial score (nSPS) is 21.8. The molecule has 5 rings (SSSR count). The number of rotatable bonds is 8. The van der Waals surface area contributed by atoms with Gasteiger partial charge in [-0.3, -0.25) is 9.69 Å². The third-order valence-electron chi connectivity index (χ3n) is 6.25. The molecule has 0 bridgehead atoms. The van der Waals surface area contributed by atoms with E-state index in [2.05, 4.69) is 36.5 Å². The second-order valence-electron chi connectivity index (χ2n) is 8.31. The summed E-state index contributed by atoms with van der Waals surface area (Å²) in [4.78, 5) is 27.0. The van der Waals surface area contributed by atoms with Crippen molar-refractivity contribution in [2.45, 2.75) is 19.4 Å². The second-order valence-corrected chi connectivity index (χ2v) is 9.17. The van der Waals surface area contributed by atoms with Gasteiger partial charge < -0.3 is 14.8 Å². The van der Waals surface area contributed by atoms with Crippen LogP contribution >= 0.6 is 11.3 Å². The van der Waals surface area contributed by atoms with Gasteiger partial charge in [0.25, 0.3) is 0 Å². The van der Waals surface area contributed by atoms with Crippen molar-refractivity contribution < 1.29 is 4.79 Å². The molecule has 158 valence electrons. The van der Waals surface area contributed by atoms with Gasteiger partial charge in [-0.2, -0.15) is 0 Å². The fourth-order valence-corrected chi connectivity index (χ4v) is 5.32. The van der Waals surface area contributed by atoms with Crippen LogP contribution < -0.4 is 10.2 Å². The molecule has 2 fully saturated rings. The number of nitrogens with zero attached hydrogens (tertiary/aromatic N) is 5. The van der Waals surface area contributed by atoms with E-state index in [1.807, 2.05) is 29.4 Å². The van der Waals surface area contributed by atoms with E-state index < -0.39 is 0 Å². The lowest BCUT2D eigenvalue weighted by Gasteiger charge is -2.36. The SMILES string of the molecule is O=C(NCCCn1ccnc1)[C@@H]1C[C@H]1CN1CCN(c2csc3ncccc23)CC1. The third kappa shape index (κ3) is 4.34. The molecule has 2 aliphatic rings. The monoisotopic (exact) mass is 424 g/mol. The average Bonchev–Trinajstić information content (AvgIpc) is 3.16. The van der Waals surface area contributed by atoms with Gasteiger partial charge in [-0.25, -0.2) is 9.97 Å². The minimum Gasteiger partial charge on any atom is -0.368 e. The Hall–Kier alpha value is -2.45. The van der Waals surface area contributed by atoms with Crippen LogP contribution in [-0.2, 0) is 11.3 Å². The number of nitrogens with one attached hydrogen (secondary N) is 1. The van der Waals surface area contributed by atoms with E-state index in [0.717, 1.165) is 63.5 Å². The van der Waals surface area contributed by atoms with E-state index in [1.54, 1.807) is 17.5 Å². The number of carbonyl (C=O) groups is 1.